The smallest absolute Gasteiger partial charge is 0.321 e. The van der Waals surface area contributed by atoms with Crippen LogP contribution < -0.4 is 10.6 Å². The summed E-state index contributed by atoms with van der Waals surface area (Å²) in [4.78, 5) is 125. The zero-order chi connectivity index (χ0) is 50.0. The summed E-state index contributed by atoms with van der Waals surface area (Å²) in [6.45, 7) is 0. The molecule has 0 saturated carbocycles. The Hall–Kier alpha value is -7.11. The average Bonchev–Trinajstić information content (AvgIpc) is 4.04. The third-order valence-corrected chi connectivity index (χ3v) is 17.3. The molecule has 13 rings (SSSR count). The Labute approximate surface area is 404 Å². The molecule has 0 aliphatic carbocycles. The molecule has 1 atom stereocenters. The van der Waals surface area contributed by atoms with Crippen LogP contribution >= 0.6 is 30.5 Å². The van der Waals surface area contributed by atoms with Crippen LogP contribution in [0.2, 0.25) is 0 Å². The lowest BCUT2D eigenvalue weighted by molar-refractivity contribution is 0.331. The molecule has 0 aromatic heterocycles. The van der Waals surface area contributed by atoms with E-state index in [1.54, 1.807) is 91.0 Å². The summed E-state index contributed by atoms with van der Waals surface area (Å²) in [5.74, 6) is -2.79. The number of fused-ring (bicyclic) bond motifs is 20. The summed E-state index contributed by atoms with van der Waals surface area (Å²) in [5.41, 5.74) is -0.987. The summed E-state index contributed by atoms with van der Waals surface area (Å²) in [6, 6.07) is 36.0. The van der Waals surface area contributed by atoms with E-state index in [4.69, 9.17) is 20.0 Å². The first-order valence-electron chi connectivity index (χ1n) is 21.6. The van der Waals surface area contributed by atoms with Crippen LogP contribution in [-0.4, -0.2) is 84.7 Å². The van der Waals surface area contributed by atoms with Gasteiger partial charge in [-0.3, -0.25) is 13.7 Å². The molecule has 0 saturated heterocycles. The van der Waals surface area contributed by atoms with Crippen LogP contribution in [0.15, 0.2) is 168 Å². The summed E-state index contributed by atoms with van der Waals surface area (Å²) in [5, 5.41) is -2.67. The third-order valence-electron chi connectivity index (χ3n) is 13.1. The van der Waals surface area contributed by atoms with Gasteiger partial charge in [0.05, 0.1) is 10.6 Å². The molecule has 8 bridgehead atoms. The van der Waals surface area contributed by atoms with Crippen molar-refractivity contribution in [2.75, 3.05) is 0 Å². The standard InChI is InChI=1S/C48H30N8O12P4/c57-69(58,59)39-29-15-7-8-16-30(29)40(70(60,61)62)38-37(39)45-51-43-34-20-26-12-4-6-14-28(26)22-36(34)47(53-43)56(72(66,67)68)46-35-21-27-13-5-3-11-25(27)19-33(35)42(52-46)49-41-31-17-23-9-1-2-10-24(23)18-32(31)44(50-41)54-48(38,55-45)71(63,64)65/h1-22H,(H2,57,58,59)(H2,60,61,62)(H2,63,64,65)(H2,66,67,68). The maximum absolute atomic E-state index is 14.7. The molecule has 8 aromatic rings. The van der Waals surface area contributed by atoms with E-state index in [2.05, 4.69) is 15.0 Å². The van der Waals surface area contributed by atoms with Crippen LogP contribution in [0.1, 0.15) is 44.5 Å². The van der Waals surface area contributed by atoms with Crippen LogP contribution in [0.25, 0.3) is 43.1 Å². The van der Waals surface area contributed by atoms with Crippen molar-refractivity contribution >= 4 is 125 Å². The van der Waals surface area contributed by atoms with Gasteiger partial charge in [-0.2, -0.15) is 0 Å². The van der Waals surface area contributed by atoms with Gasteiger partial charge in [-0.1, -0.05) is 97.1 Å². The fourth-order valence-corrected chi connectivity index (χ4v) is 14.0. The van der Waals surface area contributed by atoms with Gasteiger partial charge >= 0.3 is 30.5 Å². The number of amidine groups is 7. The Bertz CT molecular complexity index is 4370. The first kappa shape index (κ1) is 44.8. The molecule has 0 spiro atoms. The zero-order valence-corrected chi connectivity index (χ0v) is 39.9. The van der Waals surface area contributed by atoms with Crippen LogP contribution in [0.4, 0.5) is 0 Å². The van der Waals surface area contributed by atoms with E-state index in [0.717, 1.165) is 6.07 Å². The van der Waals surface area contributed by atoms with Crippen molar-refractivity contribution in [1.29, 1.82) is 0 Å². The van der Waals surface area contributed by atoms with Gasteiger partial charge < -0.3 is 39.1 Å². The lowest BCUT2D eigenvalue weighted by atomic mass is 9.98. The fourth-order valence-electron chi connectivity index (χ4n) is 10.1. The Morgan fingerprint density at radius 2 is 0.722 bits per heavy atom. The van der Waals surface area contributed by atoms with Crippen molar-refractivity contribution in [3.8, 4) is 0 Å². The quantitative estimate of drug-likeness (QED) is 0.0942. The fraction of sp³-hybridized carbons (Fsp3) is 0.0208. The molecule has 8 N–H and O–H groups in total. The second-order valence-electron chi connectivity index (χ2n) is 17.4. The molecule has 0 radical (unpaired) electrons. The highest BCUT2D eigenvalue weighted by atomic mass is 31.2. The van der Waals surface area contributed by atoms with Gasteiger partial charge in [-0.05, 0) is 79.5 Å². The highest BCUT2D eigenvalue weighted by Gasteiger charge is 2.60. The summed E-state index contributed by atoms with van der Waals surface area (Å²) < 4.78 is 57.7. The van der Waals surface area contributed by atoms with Crippen molar-refractivity contribution in [3.05, 3.63) is 178 Å². The molecule has 0 amide bonds. The predicted octanol–water partition coefficient (Wildman–Crippen LogP) is 5.98. The summed E-state index contributed by atoms with van der Waals surface area (Å²) >= 11 is 0. The van der Waals surface area contributed by atoms with Crippen LogP contribution in [0.3, 0.4) is 0 Å². The minimum atomic E-state index is -6.18. The third kappa shape index (κ3) is 6.54. The van der Waals surface area contributed by atoms with E-state index in [1.165, 1.54) is 18.2 Å². The van der Waals surface area contributed by atoms with Gasteiger partial charge in [-0.15, -0.1) is 0 Å². The van der Waals surface area contributed by atoms with Gasteiger partial charge in [0.25, 0.3) is 5.40 Å². The Morgan fingerprint density at radius 1 is 0.389 bits per heavy atom. The van der Waals surface area contributed by atoms with Gasteiger partial charge in [0.2, 0.25) is 0 Å². The predicted molar refractivity (Wildman–Crippen MR) is 273 cm³/mol. The second kappa shape index (κ2) is 15.0. The molecular weight excluding hydrogens is 1000 g/mol. The van der Waals surface area contributed by atoms with E-state index in [-0.39, 0.29) is 45.3 Å². The second-order valence-corrected chi connectivity index (χ2v) is 23.6. The van der Waals surface area contributed by atoms with Crippen molar-refractivity contribution < 1.29 is 57.4 Å². The zero-order valence-electron chi connectivity index (χ0n) is 36.3. The molecule has 5 heterocycles. The molecule has 0 fully saturated rings. The molecular formula is C48H30N8O12P4. The van der Waals surface area contributed by atoms with Crippen molar-refractivity contribution in [1.82, 2.24) is 4.67 Å². The minimum Gasteiger partial charge on any atom is -0.321 e. The highest BCUT2D eigenvalue weighted by molar-refractivity contribution is 7.62. The SMILES string of the molecule is O=P(O)(O)c1c2c(c(P(=O)(O)O)c3ccccc13)C1(P(=O)(O)O)N=C3N=C(N=C4N=C(c5cc6ccccc6cc54)N(P(=O)(O)O)C4=NC(=NC2=N1)c1cc2ccccc2cc14)c1cc2ccccc2cc13. The van der Waals surface area contributed by atoms with Gasteiger partial charge in [0.1, 0.15) is 0 Å². The van der Waals surface area contributed by atoms with E-state index >= 15 is 0 Å². The van der Waals surface area contributed by atoms with Crippen molar-refractivity contribution in [2.45, 2.75) is 5.40 Å². The Balaban J connectivity index is 1.26. The maximum Gasteiger partial charge on any atom is 0.437 e. The number of rotatable bonds is 4. The van der Waals surface area contributed by atoms with Gasteiger partial charge in [0, 0.05) is 44.5 Å². The number of hydrogen-bond donors (Lipinski definition) is 8. The van der Waals surface area contributed by atoms with Gasteiger partial charge in [-0.25, -0.2) is 44.2 Å². The first-order chi connectivity index (χ1) is 34.2. The maximum atomic E-state index is 14.7. The molecule has 5 aliphatic heterocycles. The molecule has 20 nitrogen and oxygen atoms in total. The van der Waals surface area contributed by atoms with E-state index < -0.39 is 91.8 Å². The Morgan fingerprint density at radius 3 is 1.14 bits per heavy atom. The Kier molecular flexibility index (Phi) is 9.32. The van der Waals surface area contributed by atoms with Crippen molar-refractivity contribution in [2.24, 2.45) is 34.9 Å². The number of hydrogen-bond acceptors (Lipinski definition) is 11. The van der Waals surface area contributed by atoms with Crippen LogP contribution in [0.5, 0.6) is 0 Å². The molecule has 354 valence electrons. The lowest BCUT2D eigenvalue weighted by Crippen LogP contribution is -2.34. The van der Waals surface area contributed by atoms with Crippen LogP contribution in [-0.2, 0) is 23.7 Å². The largest absolute Gasteiger partial charge is 0.437 e. The molecule has 72 heavy (non-hydrogen) atoms. The highest BCUT2D eigenvalue weighted by Crippen LogP contribution is 2.65. The van der Waals surface area contributed by atoms with E-state index in [1.807, 2.05) is 18.2 Å². The summed E-state index contributed by atoms with van der Waals surface area (Å²) in [7, 11) is -23.3. The topological polar surface area (TPSA) is 320 Å². The molecule has 8 aromatic carbocycles. The lowest BCUT2D eigenvalue weighted by Gasteiger charge is -2.28. The number of benzene rings is 8. The number of nitrogens with zero attached hydrogens (tertiary/aromatic N) is 8. The summed E-state index contributed by atoms with van der Waals surface area (Å²) in [6.07, 6.45) is 0. The monoisotopic (exact) mass is 1030 g/mol. The molecule has 5 aliphatic rings. The number of aliphatic imine (C=N–C) groups is 7. The normalized spacial score (nSPS) is 18.3. The van der Waals surface area contributed by atoms with Crippen LogP contribution in [0, 0.1) is 0 Å². The van der Waals surface area contributed by atoms with Crippen molar-refractivity contribution in [3.63, 3.8) is 0 Å². The molecule has 1 unspecified atom stereocenters. The molecule has 24 heteroatoms. The van der Waals surface area contributed by atoms with Gasteiger partial charge in [0.15, 0.2) is 40.8 Å². The minimum absolute atomic E-state index is 0.0566. The average molecular weight is 1030 g/mol. The van der Waals surface area contributed by atoms with E-state index in [9.17, 15) is 57.4 Å². The van der Waals surface area contributed by atoms with E-state index in [0.29, 0.717) is 42.6 Å². The first-order valence-corrected chi connectivity index (χ1v) is 28.0.